The molecule has 3 rings (SSSR count). The van der Waals surface area contributed by atoms with Crippen LogP contribution in [0.5, 0.6) is 11.5 Å². The third kappa shape index (κ3) is 3.08. The molecule has 0 fully saturated rings. The van der Waals surface area contributed by atoms with E-state index in [0.717, 1.165) is 35.7 Å². The predicted octanol–water partition coefficient (Wildman–Crippen LogP) is 4.29. The maximum atomic E-state index is 6.05. The first kappa shape index (κ1) is 14.1. The van der Waals surface area contributed by atoms with Crippen molar-refractivity contribution in [1.82, 2.24) is 0 Å². The second-order valence-electron chi connectivity index (χ2n) is 5.07. The zero-order valence-electron chi connectivity index (χ0n) is 12.0. The second-order valence-corrected chi connectivity index (χ2v) is 5.50. The number of benzene rings is 2. The normalized spacial score (nSPS) is 13.2. The molecule has 1 aliphatic heterocycles. The molecule has 0 aromatic heterocycles. The van der Waals surface area contributed by atoms with Crippen LogP contribution in [-0.2, 0) is 13.0 Å². The molecule has 4 heteroatoms. The standard InChI is InChI=1S/C17H18ClNO2/c1-20-15-8-7-14(18)10-13(15)11-21-16-6-2-4-12-5-3-9-19-17(12)16/h2,4,6-8,10,19H,3,5,9,11H2,1H3. The number of anilines is 1. The number of aryl methyl sites for hydroxylation is 1. The number of methoxy groups -OCH3 is 1. The fourth-order valence-electron chi connectivity index (χ4n) is 2.61. The molecule has 1 heterocycles. The van der Waals surface area contributed by atoms with Gasteiger partial charge < -0.3 is 14.8 Å². The van der Waals surface area contributed by atoms with Gasteiger partial charge in [-0.25, -0.2) is 0 Å². The summed E-state index contributed by atoms with van der Waals surface area (Å²) < 4.78 is 11.3. The van der Waals surface area contributed by atoms with Crippen molar-refractivity contribution < 1.29 is 9.47 Å². The molecule has 0 amide bonds. The Hall–Kier alpha value is -1.87. The minimum Gasteiger partial charge on any atom is -0.496 e. The van der Waals surface area contributed by atoms with Crippen molar-refractivity contribution in [3.05, 3.63) is 52.5 Å². The smallest absolute Gasteiger partial charge is 0.143 e. The first-order valence-electron chi connectivity index (χ1n) is 7.09. The third-order valence-electron chi connectivity index (χ3n) is 3.66. The second kappa shape index (κ2) is 6.27. The summed E-state index contributed by atoms with van der Waals surface area (Å²) in [5.74, 6) is 1.67. The van der Waals surface area contributed by atoms with E-state index < -0.39 is 0 Å². The van der Waals surface area contributed by atoms with Crippen molar-refractivity contribution in [3.8, 4) is 11.5 Å². The number of hydrogen-bond acceptors (Lipinski definition) is 3. The van der Waals surface area contributed by atoms with Crippen LogP contribution in [0.4, 0.5) is 5.69 Å². The van der Waals surface area contributed by atoms with E-state index in [2.05, 4.69) is 11.4 Å². The number of para-hydroxylation sites is 1. The molecule has 0 spiro atoms. The van der Waals surface area contributed by atoms with Gasteiger partial charge in [-0.2, -0.15) is 0 Å². The van der Waals surface area contributed by atoms with Crippen LogP contribution in [0.2, 0.25) is 5.02 Å². The van der Waals surface area contributed by atoms with E-state index in [1.807, 2.05) is 30.3 Å². The third-order valence-corrected chi connectivity index (χ3v) is 3.90. The Kier molecular flexibility index (Phi) is 4.20. The van der Waals surface area contributed by atoms with Gasteiger partial charge in [0.2, 0.25) is 0 Å². The highest BCUT2D eigenvalue weighted by atomic mass is 35.5. The lowest BCUT2D eigenvalue weighted by molar-refractivity contribution is 0.297. The van der Waals surface area contributed by atoms with Crippen LogP contribution in [0, 0.1) is 0 Å². The van der Waals surface area contributed by atoms with Gasteiger partial charge in [0.25, 0.3) is 0 Å². The highest BCUT2D eigenvalue weighted by Gasteiger charge is 2.14. The number of halogens is 1. The van der Waals surface area contributed by atoms with E-state index >= 15 is 0 Å². The zero-order valence-corrected chi connectivity index (χ0v) is 12.7. The Morgan fingerprint density at radius 1 is 1.19 bits per heavy atom. The molecule has 21 heavy (non-hydrogen) atoms. The fraction of sp³-hybridized carbons (Fsp3) is 0.294. The number of nitrogens with one attached hydrogen (secondary N) is 1. The van der Waals surface area contributed by atoms with Crippen LogP contribution < -0.4 is 14.8 Å². The number of rotatable bonds is 4. The minimum atomic E-state index is 0.432. The van der Waals surface area contributed by atoms with E-state index in [1.54, 1.807) is 7.11 Å². The van der Waals surface area contributed by atoms with Gasteiger partial charge in [-0.15, -0.1) is 0 Å². The van der Waals surface area contributed by atoms with Crippen molar-refractivity contribution in [2.75, 3.05) is 19.0 Å². The van der Waals surface area contributed by atoms with Gasteiger partial charge in [-0.3, -0.25) is 0 Å². The topological polar surface area (TPSA) is 30.5 Å². The molecular weight excluding hydrogens is 286 g/mol. The lowest BCUT2D eigenvalue weighted by Gasteiger charge is -2.21. The van der Waals surface area contributed by atoms with Crippen LogP contribution in [0.1, 0.15) is 17.5 Å². The summed E-state index contributed by atoms with van der Waals surface area (Å²) in [5, 5.41) is 4.11. The van der Waals surface area contributed by atoms with Crippen molar-refractivity contribution in [2.24, 2.45) is 0 Å². The summed E-state index contributed by atoms with van der Waals surface area (Å²) in [7, 11) is 1.65. The molecule has 110 valence electrons. The summed E-state index contributed by atoms with van der Waals surface area (Å²) in [5.41, 5.74) is 3.37. The number of hydrogen-bond donors (Lipinski definition) is 1. The summed E-state index contributed by atoms with van der Waals surface area (Å²) >= 11 is 6.05. The van der Waals surface area contributed by atoms with Crippen LogP contribution in [-0.4, -0.2) is 13.7 Å². The highest BCUT2D eigenvalue weighted by Crippen LogP contribution is 2.33. The molecule has 0 radical (unpaired) electrons. The Morgan fingerprint density at radius 3 is 2.95 bits per heavy atom. The largest absolute Gasteiger partial charge is 0.496 e. The van der Waals surface area contributed by atoms with Gasteiger partial charge in [0, 0.05) is 17.1 Å². The lowest BCUT2D eigenvalue weighted by atomic mass is 10.0. The van der Waals surface area contributed by atoms with Gasteiger partial charge in [0.05, 0.1) is 12.8 Å². The lowest BCUT2D eigenvalue weighted by Crippen LogP contribution is -2.13. The summed E-state index contributed by atoms with van der Waals surface area (Å²) in [4.78, 5) is 0. The monoisotopic (exact) mass is 303 g/mol. The first-order chi connectivity index (χ1) is 10.3. The number of fused-ring (bicyclic) bond motifs is 1. The van der Waals surface area contributed by atoms with Crippen LogP contribution in [0.3, 0.4) is 0 Å². The van der Waals surface area contributed by atoms with E-state index in [9.17, 15) is 0 Å². The van der Waals surface area contributed by atoms with Crippen LogP contribution >= 0.6 is 11.6 Å². The van der Waals surface area contributed by atoms with Crippen molar-refractivity contribution in [3.63, 3.8) is 0 Å². The summed E-state index contributed by atoms with van der Waals surface area (Å²) in [6, 6.07) is 11.7. The fourth-order valence-corrected chi connectivity index (χ4v) is 2.81. The Labute approximate surface area is 129 Å². The molecule has 0 atom stereocenters. The van der Waals surface area contributed by atoms with E-state index in [1.165, 1.54) is 12.0 Å². The maximum Gasteiger partial charge on any atom is 0.143 e. The summed E-state index contributed by atoms with van der Waals surface area (Å²) in [6.45, 7) is 1.43. The quantitative estimate of drug-likeness (QED) is 0.914. The molecule has 3 nitrogen and oxygen atoms in total. The van der Waals surface area contributed by atoms with Gasteiger partial charge in [-0.05, 0) is 42.7 Å². The molecule has 1 aliphatic rings. The molecule has 0 bridgehead atoms. The van der Waals surface area contributed by atoms with Crippen LogP contribution in [0.15, 0.2) is 36.4 Å². The average molecular weight is 304 g/mol. The van der Waals surface area contributed by atoms with E-state index in [-0.39, 0.29) is 0 Å². The Morgan fingerprint density at radius 2 is 2.10 bits per heavy atom. The molecule has 0 saturated heterocycles. The molecule has 0 saturated carbocycles. The van der Waals surface area contributed by atoms with Gasteiger partial charge in [-0.1, -0.05) is 23.7 Å². The van der Waals surface area contributed by atoms with E-state index in [4.69, 9.17) is 21.1 Å². The van der Waals surface area contributed by atoms with Gasteiger partial charge >= 0.3 is 0 Å². The predicted molar refractivity (Wildman–Crippen MR) is 85.6 cm³/mol. The van der Waals surface area contributed by atoms with Crippen LogP contribution in [0.25, 0.3) is 0 Å². The molecule has 0 unspecified atom stereocenters. The minimum absolute atomic E-state index is 0.432. The molecule has 2 aromatic carbocycles. The zero-order chi connectivity index (χ0) is 14.7. The van der Waals surface area contributed by atoms with Crippen molar-refractivity contribution in [2.45, 2.75) is 19.4 Å². The Balaban J connectivity index is 1.81. The number of ether oxygens (including phenoxy) is 2. The van der Waals surface area contributed by atoms with Gasteiger partial charge in [0.1, 0.15) is 18.1 Å². The van der Waals surface area contributed by atoms with Crippen molar-refractivity contribution >= 4 is 17.3 Å². The molecule has 2 aromatic rings. The maximum absolute atomic E-state index is 6.05. The average Bonchev–Trinajstić information content (AvgIpc) is 2.53. The highest BCUT2D eigenvalue weighted by molar-refractivity contribution is 6.30. The Bertz CT molecular complexity index is 643. The summed E-state index contributed by atoms with van der Waals surface area (Å²) in [6.07, 6.45) is 2.26. The molecular formula is C17H18ClNO2. The van der Waals surface area contributed by atoms with Gasteiger partial charge in [0.15, 0.2) is 0 Å². The first-order valence-corrected chi connectivity index (χ1v) is 7.46. The SMILES string of the molecule is COc1ccc(Cl)cc1COc1cccc2c1NCCC2. The van der Waals surface area contributed by atoms with E-state index in [0.29, 0.717) is 11.6 Å². The van der Waals surface area contributed by atoms with Crippen molar-refractivity contribution in [1.29, 1.82) is 0 Å². The molecule has 0 aliphatic carbocycles. The molecule has 1 N–H and O–H groups in total.